The monoisotopic (exact) mass is 436 g/mol. The van der Waals surface area contributed by atoms with Gasteiger partial charge in [-0.05, 0) is 51.3 Å². The fraction of sp³-hybridized carbons (Fsp3) is 0.500. The minimum atomic E-state index is -4.60. The predicted molar refractivity (Wildman–Crippen MR) is 111 cm³/mol. The topological polar surface area (TPSA) is 67.2 Å². The predicted octanol–water partition coefficient (Wildman–Crippen LogP) is 3.41. The quantitative estimate of drug-likeness (QED) is 0.780. The zero-order valence-electron chi connectivity index (χ0n) is 17.9. The summed E-state index contributed by atoms with van der Waals surface area (Å²) < 4.78 is 41.3. The molecule has 31 heavy (non-hydrogen) atoms. The van der Waals surface area contributed by atoms with Gasteiger partial charge in [0.15, 0.2) is 5.69 Å². The number of carbonyl (C=O) groups excluding carboxylic acids is 1. The molecule has 0 saturated carbocycles. The van der Waals surface area contributed by atoms with Crippen LogP contribution in [0.5, 0.6) is 0 Å². The number of likely N-dealkylation sites (tertiary alicyclic amines) is 1. The molecular weight excluding hydrogens is 409 g/mol. The van der Waals surface area contributed by atoms with Crippen molar-refractivity contribution in [2.45, 2.75) is 45.8 Å². The molecule has 2 aromatic rings. The van der Waals surface area contributed by atoms with Crippen molar-refractivity contribution >= 4 is 5.91 Å². The molecular formula is C22H27F3N4O2. The number of aryl methyl sites for hydroxylation is 1. The number of piperidine rings is 1. The molecule has 1 amide bonds. The molecule has 1 N–H and O–H groups in total. The Labute approximate surface area is 179 Å². The van der Waals surface area contributed by atoms with Crippen molar-refractivity contribution in [3.63, 3.8) is 0 Å². The molecule has 1 aromatic heterocycles. The number of alkyl halides is 3. The van der Waals surface area contributed by atoms with E-state index in [-0.39, 0.29) is 17.4 Å². The smallest absolute Gasteiger partial charge is 0.347 e. The lowest BCUT2D eigenvalue weighted by molar-refractivity contribution is -0.137. The van der Waals surface area contributed by atoms with E-state index in [1.165, 1.54) is 31.5 Å². The van der Waals surface area contributed by atoms with Crippen LogP contribution in [0.15, 0.2) is 35.1 Å². The molecule has 1 fully saturated rings. The number of rotatable bonds is 5. The number of aromatic nitrogens is 2. The molecule has 1 aromatic carbocycles. The molecule has 1 aliphatic rings. The highest BCUT2D eigenvalue weighted by molar-refractivity contribution is 5.92. The van der Waals surface area contributed by atoms with Crippen LogP contribution in [0.3, 0.4) is 0 Å². The van der Waals surface area contributed by atoms with Gasteiger partial charge in [-0.25, -0.2) is 4.68 Å². The molecule has 168 valence electrons. The number of para-hydroxylation sites is 1. The van der Waals surface area contributed by atoms with Gasteiger partial charge >= 0.3 is 6.18 Å². The maximum Gasteiger partial charge on any atom is 0.418 e. The first kappa shape index (κ1) is 23.0. The fourth-order valence-electron chi connectivity index (χ4n) is 4.02. The second kappa shape index (κ2) is 9.21. The van der Waals surface area contributed by atoms with Gasteiger partial charge in [0.2, 0.25) is 5.43 Å². The number of nitrogens with zero attached hydrogens (tertiary/aromatic N) is 3. The third-order valence-corrected chi connectivity index (χ3v) is 5.41. The van der Waals surface area contributed by atoms with Crippen molar-refractivity contribution in [2.75, 3.05) is 19.6 Å². The maximum atomic E-state index is 13.4. The summed E-state index contributed by atoms with van der Waals surface area (Å²) in [5.41, 5.74) is -1.99. The molecule has 0 radical (unpaired) electrons. The Morgan fingerprint density at radius 1 is 1.32 bits per heavy atom. The Bertz CT molecular complexity index is 1000. The number of halogens is 3. The Kier molecular flexibility index (Phi) is 6.83. The third-order valence-electron chi connectivity index (χ3n) is 5.41. The number of amides is 1. The highest BCUT2D eigenvalue weighted by Gasteiger charge is 2.34. The van der Waals surface area contributed by atoms with E-state index in [0.29, 0.717) is 12.5 Å². The van der Waals surface area contributed by atoms with Crippen LogP contribution in [0.4, 0.5) is 13.2 Å². The SMILES string of the molecule is Cc1cc(=O)c(C(=O)N[C@@H](C)CN2CCC[C@H](C)C2)nn1-c1ccccc1C(F)(F)F. The zero-order valence-corrected chi connectivity index (χ0v) is 17.9. The molecule has 0 aliphatic carbocycles. The van der Waals surface area contributed by atoms with Gasteiger partial charge < -0.3 is 10.2 Å². The van der Waals surface area contributed by atoms with E-state index in [9.17, 15) is 22.8 Å². The van der Waals surface area contributed by atoms with E-state index in [1.54, 1.807) is 0 Å². The van der Waals surface area contributed by atoms with Gasteiger partial charge in [-0.15, -0.1) is 0 Å². The molecule has 1 saturated heterocycles. The van der Waals surface area contributed by atoms with Gasteiger partial charge in [-0.3, -0.25) is 9.59 Å². The molecule has 0 bridgehead atoms. The molecule has 2 heterocycles. The van der Waals surface area contributed by atoms with Crippen molar-refractivity contribution < 1.29 is 18.0 Å². The zero-order chi connectivity index (χ0) is 22.8. The molecule has 0 spiro atoms. The summed E-state index contributed by atoms with van der Waals surface area (Å²) in [5, 5.41) is 6.77. The summed E-state index contributed by atoms with van der Waals surface area (Å²) in [5.74, 6) is -0.0999. The standard InChI is InChI=1S/C22H27F3N4O2/c1-14-7-6-10-28(12-14)13-15(2)26-21(31)20-19(30)11-16(3)29(27-20)18-9-5-4-8-17(18)22(23,24)25/h4-5,8-9,11,14-15H,6-7,10,12-13H2,1-3H3,(H,26,31)/t14-,15-/m0/s1. The number of hydrogen-bond acceptors (Lipinski definition) is 4. The maximum absolute atomic E-state index is 13.4. The van der Waals surface area contributed by atoms with Crippen LogP contribution in [-0.4, -0.2) is 46.3 Å². The highest BCUT2D eigenvalue weighted by Crippen LogP contribution is 2.33. The summed E-state index contributed by atoms with van der Waals surface area (Å²) in [6, 6.07) is 5.82. The minimum Gasteiger partial charge on any atom is -0.347 e. The van der Waals surface area contributed by atoms with Gasteiger partial charge in [0.1, 0.15) is 0 Å². The van der Waals surface area contributed by atoms with Gasteiger partial charge in [0.05, 0.1) is 11.3 Å². The number of carbonyl (C=O) groups is 1. The first-order valence-corrected chi connectivity index (χ1v) is 10.4. The Hall–Kier alpha value is -2.68. The van der Waals surface area contributed by atoms with Gasteiger partial charge in [-0.2, -0.15) is 18.3 Å². The second-order valence-electron chi connectivity index (χ2n) is 8.31. The van der Waals surface area contributed by atoms with E-state index in [1.807, 2.05) is 6.92 Å². The summed E-state index contributed by atoms with van der Waals surface area (Å²) in [7, 11) is 0. The van der Waals surface area contributed by atoms with Crippen molar-refractivity contribution in [2.24, 2.45) is 5.92 Å². The normalized spacial score (nSPS) is 18.6. The average Bonchev–Trinajstić information content (AvgIpc) is 2.67. The summed E-state index contributed by atoms with van der Waals surface area (Å²) in [6.45, 7) is 8.03. The van der Waals surface area contributed by atoms with E-state index < -0.39 is 28.8 Å². The molecule has 0 unspecified atom stereocenters. The number of hydrogen-bond donors (Lipinski definition) is 1. The lowest BCUT2D eigenvalue weighted by atomic mass is 10.00. The first-order valence-electron chi connectivity index (χ1n) is 10.4. The largest absolute Gasteiger partial charge is 0.418 e. The summed E-state index contributed by atoms with van der Waals surface area (Å²) >= 11 is 0. The summed E-state index contributed by atoms with van der Waals surface area (Å²) in [4.78, 5) is 27.4. The van der Waals surface area contributed by atoms with E-state index in [0.717, 1.165) is 36.3 Å². The number of nitrogens with one attached hydrogen (secondary N) is 1. The Morgan fingerprint density at radius 3 is 2.71 bits per heavy atom. The molecule has 9 heteroatoms. The summed E-state index contributed by atoms with van der Waals surface area (Å²) in [6.07, 6.45) is -2.31. The lowest BCUT2D eigenvalue weighted by Gasteiger charge is -2.32. The van der Waals surface area contributed by atoms with Crippen LogP contribution in [0.25, 0.3) is 5.69 Å². The second-order valence-corrected chi connectivity index (χ2v) is 8.31. The van der Waals surface area contributed by atoms with Gasteiger partial charge in [0, 0.05) is 30.9 Å². The number of benzene rings is 1. The molecule has 2 atom stereocenters. The average molecular weight is 436 g/mol. The van der Waals surface area contributed by atoms with Crippen LogP contribution in [-0.2, 0) is 6.18 Å². The van der Waals surface area contributed by atoms with E-state index in [4.69, 9.17) is 0 Å². The van der Waals surface area contributed by atoms with Crippen LogP contribution in [0, 0.1) is 12.8 Å². The van der Waals surface area contributed by atoms with Crippen LogP contribution in [0.1, 0.15) is 48.4 Å². The Morgan fingerprint density at radius 2 is 2.03 bits per heavy atom. The first-order chi connectivity index (χ1) is 14.6. The van der Waals surface area contributed by atoms with Crippen molar-refractivity contribution in [1.29, 1.82) is 0 Å². The van der Waals surface area contributed by atoms with Crippen LogP contribution >= 0.6 is 0 Å². The molecule has 1 aliphatic heterocycles. The van der Waals surface area contributed by atoms with Gasteiger partial charge in [0.25, 0.3) is 5.91 Å². The van der Waals surface area contributed by atoms with Crippen LogP contribution < -0.4 is 10.7 Å². The van der Waals surface area contributed by atoms with Crippen molar-refractivity contribution in [3.8, 4) is 5.69 Å². The lowest BCUT2D eigenvalue weighted by Crippen LogP contribution is -2.46. The van der Waals surface area contributed by atoms with E-state index >= 15 is 0 Å². The third kappa shape index (κ3) is 5.52. The highest BCUT2D eigenvalue weighted by atomic mass is 19.4. The molecule has 6 nitrogen and oxygen atoms in total. The van der Waals surface area contributed by atoms with Crippen molar-refractivity contribution in [1.82, 2.24) is 20.0 Å². The van der Waals surface area contributed by atoms with Crippen molar-refractivity contribution in [3.05, 3.63) is 57.5 Å². The van der Waals surface area contributed by atoms with Crippen LogP contribution in [0.2, 0.25) is 0 Å². The molecule has 3 rings (SSSR count). The van der Waals surface area contributed by atoms with E-state index in [2.05, 4.69) is 22.2 Å². The minimum absolute atomic E-state index is 0.202. The Balaban J connectivity index is 1.85. The van der Waals surface area contributed by atoms with Gasteiger partial charge in [-0.1, -0.05) is 19.1 Å². The fourth-order valence-corrected chi connectivity index (χ4v) is 4.02.